The molecule has 4 aromatic rings. The lowest BCUT2D eigenvalue weighted by Crippen LogP contribution is -2.14. The standard InChI is InChI=1S/C26H28N2O5/c1-3-21-19-23(5-7-25(21)27-9-1)32-17-15-30-13-11-29-12-14-31-16-18-33-24-6-8-26-22(20-24)4-2-10-28-26/h1-10,19-20H,11-18H2. The minimum atomic E-state index is 0.489. The first-order valence-corrected chi connectivity index (χ1v) is 11.1. The zero-order valence-corrected chi connectivity index (χ0v) is 18.5. The summed E-state index contributed by atoms with van der Waals surface area (Å²) in [6.07, 6.45) is 3.57. The van der Waals surface area contributed by atoms with E-state index in [1.165, 1.54) is 0 Å². The topological polar surface area (TPSA) is 71.9 Å². The SMILES string of the molecule is c1cnc2ccc(OCCOCCOCCOCCOc3ccc4ncccc4c3)cc2c1. The minimum absolute atomic E-state index is 0.489. The second kappa shape index (κ2) is 12.7. The molecule has 2 aromatic heterocycles. The van der Waals surface area contributed by atoms with Gasteiger partial charge in [0.05, 0.1) is 50.7 Å². The second-order valence-electron chi connectivity index (χ2n) is 7.25. The largest absolute Gasteiger partial charge is 0.491 e. The van der Waals surface area contributed by atoms with Crippen molar-refractivity contribution < 1.29 is 23.7 Å². The van der Waals surface area contributed by atoms with Crippen LogP contribution in [0.25, 0.3) is 21.8 Å². The maximum atomic E-state index is 5.72. The van der Waals surface area contributed by atoms with Gasteiger partial charge in [-0.15, -0.1) is 0 Å². The van der Waals surface area contributed by atoms with Crippen LogP contribution in [0.4, 0.5) is 0 Å². The first-order valence-electron chi connectivity index (χ1n) is 11.1. The van der Waals surface area contributed by atoms with E-state index >= 15 is 0 Å². The predicted octanol–water partition coefficient (Wildman–Crippen LogP) is 4.29. The molecule has 0 N–H and O–H groups in total. The zero-order chi connectivity index (χ0) is 22.6. The van der Waals surface area contributed by atoms with E-state index in [1.54, 1.807) is 12.4 Å². The number of hydrogen-bond donors (Lipinski definition) is 0. The number of ether oxygens (including phenoxy) is 5. The van der Waals surface area contributed by atoms with Crippen LogP contribution in [0.1, 0.15) is 0 Å². The Labute approximate surface area is 193 Å². The Balaban J connectivity index is 0.967. The van der Waals surface area contributed by atoms with Crippen molar-refractivity contribution >= 4 is 21.8 Å². The third-order valence-electron chi connectivity index (χ3n) is 4.89. The first kappa shape index (κ1) is 22.9. The van der Waals surface area contributed by atoms with Crippen LogP contribution in [0.2, 0.25) is 0 Å². The zero-order valence-electron chi connectivity index (χ0n) is 18.5. The molecule has 2 heterocycles. The molecule has 7 heteroatoms. The fraction of sp³-hybridized carbons (Fsp3) is 0.308. The summed E-state index contributed by atoms with van der Waals surface area (Å²) in [6, 6.07) is 19.6. The third kappa shape index (κ3) is 7.39. The molecule has 7 nitrogen and oxygen atoms in total. The Morgan fingerprint density at radius 2 is 0.909 bits per heavy atom. The number of nitrogens with zero attached hydrogens (tertiary/aromatic N) is 2. The van der Waals surface area contributed by atoms with E-state index in [-0.39, 0.29) is 0 Å². The Bertz CT molecular complexity index is 1050. The molecule has 2 aromatic carbocycles. The Kier molecular flexibility index (Phi) is 8.82. The lowest BCUT2D eigenvalue weighted by atomic mass is 10.2. The van der Waals surface area contributed by atoms with Gasteiger partial charge in [0.25, 0.3) is 0 Å². The van der Waals surface area contributed by atoms with Gasteiger partial charge in [0.1, 0.15) is 24.7 Å². The molecule has 0 fully saturated rings. The van der Waals surface area contributed by atoms with Gasteiger partial charge in [0, 0.05) is 23.2 Å². The van der Waals surface area contributed by atoms with Crippen molar-refractivity contribution in [3.63, 3.8) is 0 Å². The summed E-state index contributed by atoms with van der Waals surface area (Å²) in [5.74, 6) is 1.63. The molecule has 0 aliphatic rings. The molecule has 0 aliphatic heterocycles. The molecule has 0 aliphatic carbocycles. The average molecular weight is 449 g/mol. The summed E-state index contributed by atoms with van der Waals surface area (Å²) in [4.78, 5) is 8.60. The monoisotopic (exact) mass is 448 g/mol. The van der Waals surface area contributed by atoms with Gasteiger partial charge in [-0.2, -0.15) is 0 Å². The molecule has 0 atom stereocenters. The molecule has 0 amide bonds. The fourth-order valence-electron chi connectivity index (χ4n) is 3.27. The van der Waals surface area contributed by atoms with Gasteiger partial charge in [0.15, 0.2) is 0 Å². The van der Waals surface area contributed by atoms with Gasteiger partial charge in [-0.3, -0.25) is 9.97 Å². The van der Waals surface area contributed by atoms with Gasteiger partial charge in [-0.05, 0) is 48.5 Å². The minimum Gasteiger partial charge on any atom is -0.491 e. The summed E-state index contributed by atoms with van der Waals surface area (Å²) in [5, 5.41) is 2.12. The maximum absolute atomic E-state index is 5.72. The van der Waals surface area contributed by atoms with Crippen molar-refractivity contribution in [2.75, 3.05) is 52.9 Å². The molecule has 4 rings (SSSR count). The molecule has 0 bridgehead atoms. The van der Waals surface area contributed by atoms with Crippen LogP contribution < -0.4 is 9.47 Å². The van der Waals surface area contributed by atoms with Crippen molar-refractivity contribution in [1.82, 2.24) is 9.97 Å². The number of fused-ring (bicyclic) bond motifs is 2. The molecule has 172 valence electrons. The summed E-state index contributed by atoms with van der Waals surface area (Å²) in [5.41, 5.74) is 1.91. The van der Waals surface area contributed by atoms with Crippen molar-refractivity contribution in [2.45, 2.75) is 0 Å². The van der Waals surface area contributed by atoms with E-state index in [0.29, 0.717) is 52.9 Å². The second-order valence-corrected chi connectivity index (χ2v) is 7.25. The fourth-order valence-corrected chi connectivity index (χ4v) is 3.27. The summed E-state index contributed by atoms with van der Waals surface area (Å²) in [7, 11) is 0. The number of aromatic nitrogens is 2. The highest BCUT2D eigenvalue weighted by Crippen LogP contribution is 2.19. The number of rotatable bonds is 14. The highest BCUT2D eigenvalue weighted by Gasteiger charge is 2.00. The van der Waals surface area contributed by atoms with Crippen molar-refractivity contribution in [1.29, 1.82) is 0 Å². The van der Waals surface area contributed by atoms with Crippen LogP contribution in [0.15, 0.2) is 73.1 Å². The molecule has 0 saturated heterocycles. The average Bonchev–Trinajstić information content (AvgIpc) is 2.86. The van der Waals surface area contributed by atoms with E-state index in [2.05, 4.69) is 9.97 Å². The number of pyridine rings is 2. The van der Waals surface area contributed by atoms with Crippen LogP contribution in [0.5, 0.6) is 11.5 Å². The normalized spacial score (nSPS) is 11.2. The lowest BCUT2D eigenvalue weighted by Gasteiger charge is -2.09. The summed E-state index contributed by atoms with van der Waals surface area (Å²) >= 11 is 0. The lowest BCUT2D eigenvalue weighted by molar-refractivity contribution is 0.00500. The first-order chi connectivity index (χ1) is 16.4. The molecule has 33 heavy (non-hydrogen) atoms. The van der Waals surface area contributed by atoms with Crippen LogP contribution in [0.3, 0.4) is 0 Å². The highest BCUT2D eigenvalue weighted by molar-refractivity contribution is 5.80. The van der Waals surface area contributed by atoms with Crippen molar-refractivity contribution in [3.8, 4) is 11.5 Å². The Morgan fingerprint density at radius 1 is 0.485 bits per heavy atom. The molecular formula is C26H28N2O5. The van der Waals surface area contributed by atoms with Gasteiger partial charge < -0.3 is 23.7 Å². The van der Waals surface area contributed by atoms with E-state index in [9.17, 15) is 0 Å². The van der Waals surface area contributed by atoms with Crippen LogP contribution in [-0.4, -0.2) is 62.8 Å². The van der Waals surface area contributed by atoms with E-state index in [4.69, 9.17) is 23.7 Å². The Morgan fingerprint density at radius 3 is 1.36 bits per heavy atom. The third-order valence-corrected chi connectivity index (χ3v) is 4.89. The van der Waals surface area contributed by atoms with Gasteiger partial charge in [-0.1, -0.05) is 12.1 Å². The Hall–Kier alpha value is -3.26. The number of benzene rings is 2. The van der Waals surface area contributed by atoms with Gasteiger partial charge >= 0.3 is 0 Å². The maximum Gasteiger partial charge on any atom is 0.120 e. The van der Waals surface area contributed by atoms with Crippen LogP contribution in [-0.2, 0) is 14.2 Å². The highest BCUT2D eigenvalue weighted by atomic mass is 16.6. The van der Waals surface area contributed by atoms with Crippen LogP contribution >= 0.6 is 0 Å². The molecule has 0 radical (unpaired) electrons. The van der Waals surface area contributed by atoms with E-state index in [0.717, 1.165) is 33.3 Å². The molecular weight excluding hydrogens is 420 g/mol. The predicted molar refractivity (Wildman–Crippen MR) is 127 cm³/mol. The summed E-state index contributed by atoms with van der Waals surface area (Å²) in [6.45, 7) is 4.07. The molecule has 0 unspecified atom stereocenters. The smallest absolute Gasteiger partial charge is 0.120 e. The van der Waals surface area contributed by atoms with Crippen molar-refractivity contribution in [2.24, 2.45) is 0 Å². The van der Waals surface area contributed by atoms with Crippen molar-refractivity contribution in [3.05, 3.63) is 73.1 Å². The van der Waals surface area contributed by atoms with E-state index < -0.39 is 0 Å². The molecule has 0 spiro atoms. The van der Waals surface area contributed by atoms with Gasteiger partial charge in [-0.25, -0.2) is 0 Å². The van der Waals surface area contributed by atoms with Gasteiger partial charge in [0.2, 0.25) is 0 Å². The summed E-state index contributed by atoms with van der Waals surface area (Å²) < 4.78 is 28.0. The van der Waals surface area contributed by atoms with E-state index in [1.807, 2.05) is 60.7 Å². The molecule has 0 saturated carbocycles. The quantitative estimate of drug-likeness (QED) is 0.267. The number of hydrogen-bond acceptors (Lipinski definition) is 7. The van der Waals surface area contributed by atoms with Crippen LogP contribution in [0, 0.1) is 0 Å².